The summed E-state index contributed by atoms with van der Waals surface area (Å²) in [5.41, 5.74) is 2.45. The van der Waals surface area contributed by atoms with Crippen LogP contribution in [-0.4, -0.2) is 65.3 Å². The molecule has 57 heavy (non-hydrogen) atoms. The van der Waals surface area contributed by atoms with Crippen molar-refractivity contribution in [1.29, 1.82) is 0 Å². The first-order chi connectivity index (χ1) is 27.4. The molecule has 6 heteroatoms. The van der Waals surface area contributed by atoms with Gasteiger partial charge >= 0.3 is 0 Å². The van der Waals surface area contributed by atoms with Gasteiger partial charge in [-0.25, -0.2) is 0 Å². The van der Waals surface area contributed by atoms with Crippen molar-refractivity contribution in [2.75, 3.05) is 13.2 Å². The Hall–Kier alpha value is -0.760. The van der Waals surface area contributed by atoms with Crippen LogP contribution in [0.15, 0.2) is 23.8 Å². The van der Waals surface area contributed by atoms with E-state index in [4.69, 9.17) is 14.2 Å². The van der Waals surface area contributed by atoms with E-state index < -0.39 is 30.7 Å². The number of aliphatic hydroxyl groups is 3. The molecule has 1 saturated heterocycles. The zero-order chi connectivity index (χ0) is 41.0. The van der Waals surface area contributed by atoms with Crippen molar-refractivity contribution < 1.29 is 29.5 Å². The number of hydrogen-bond donors (Lipinski definition) is 3. The van der Waals surface area contributed by atoms with Gasteiger partial charge in [0.15, 0.2) is 6.29 Å². The lowest BCUT2D eigenvalue weighted by Gasteiger charge is -2.58. The summed E-state index contributed by atoms with van der Waals surface area (Å²) in [5, 5.41) is 32.6. The van der Waals surface area contributed by atoms with E-state index in [1.165, 1.54) is 109 Å². The number of ether oxygens (including phenoxy) is 3. The normalized spacial score (nSPS) is 37.8. The van der Waals surface area contributed by atoms with Crippen molar-refractivity contribution >= 4 is 0 Å². The molecule has 0 aromatic carbocycles. The predicted octanol–water partition coefficient (Wildman–Crippen LogP) is 12.1. The molecule has 0 bridgehead atoms. The molecule has 0 radical (unpaired) electrons. The molecular formula is C51H90O6. The van der Waals surface area contributed by atoms with Gasteiger partial charge in [-0.3, -0.25) is 0 Å². The molecule has 5 rings (SSSR count). The average Bonchev–Trinajstić information content (AvgIpc) is 3.56. The second-order valence-electron chi connectivity index (χ2n) is 20.8. The lowest BCUT2D eigenvalue weighted by atomic mass is 9.47. The van der Waals surface area contributed by atoms with Crippen molar-refractivity contribution in [2.45, 2.75) is 233 Å². The minimum absolute atomic E-state index is 0.0348. The molecule has 0 aromatic rings. The van der Waals surface area contributed by atoms with Gasteiger partial charge in [0.05, 0.1) is 12.7 Å². The highest BCUT2D eigenvalue weighted by Gasteiger charge is 2.58. The van der Waals surface area contributed by atoms with Crippen LogP contribution in [-0.2, 0) is 14.2 Å². The summed E-state index contributed by atoms with van der Waals surface area (Å²) >= 11 is 0. The van der Waals surface area contributed by atoms with Gasteiger partial charge in [0.1, 0.15) is 24.4 Å². The lowest BCUT2D eigenvalue weighted by molar-refractivity contribution is -0.317. The van der Waals surface area contributed by atoms with E-state index in [-0.39, 0.29) is 18.1 Å². The fourth-order valence-corrected chi connectivity index (χ4v) is 12.7. The molecular weight excluding hydrogens is 709 g/mol. The first-order valence-electron chi connectivity index (χ1n) is 24.8. The summed E-state index contributed by atoms with van der Waals surface area (Å²) in [6.45, 7) is 17.8. The van der Waals surface area contributed by atoms with Crippen molar-refractivity contribution in [2.24, 2.45) is 52.3 Å². The molecule has 1 heterocycles. The summed E-state index contributed by atoms with van der Waals surface area (Å²) in [6.07, 6.45) is 31.4. The molecule has 0 spiro atoms. The second kappa shape index (κ2) is 22.9. The topological polar surface area (TPSA) is 88.4 Å². The zero-order valence-electron chi connectivity index (χ0n) is 38.0. The van der Waals surface area contributed by atoms with E-state index in [9.17, 15) is 15.3 Å². The molecule has 4 fully saturated rings. The Morgan fingerprint density at radius 1 is 0.737 bits per heavy atom. The van der Waals surface area contributed by atoms with Crippen molar-refractivity contribution in [3.63, 3.8) is 0 Å². The smallest absolute Gasteiger partial charge is 0.186 e. The Kier molecular flexibility index (Phi) is 19.0. The van der Waals surface area contributed by atoms with Crippen molar-refractivity contribution in [3.05, 3.63) is 23.8 Å². The highest BCUT2D eigenvalue weighted by atomic mass is 16.7. The van der Waals surface area contributed by atoms with Gasteiger partial charge in [-0.05, 0) is 116 Å². The van der Waals surface area contributed by atoms with Gasteiger partial charge in [0.25, 0.3) is 0 Å². The molecule has 0 amide bonds. The summed E-state index contributed by atoms with van der Waals surface area (Å²) < 4.78 is 18.6. The Balaban J connectivity index is 1.03. The van der Waals surface area contributed by atoms with Crippen LogP contribution in [0.4, 0.5) is 0 Å². The Bertz CT molecular complexity index is 1220. The van der Waals surface area contributed by atoms with Crippen LogP contribution in [0.5, 0.6) is 0 Å². The number of fused-ring (bicyclic) bond motifs is 5. The van der Waals surface area contributed by atoms with E-state index in [2.05, 4.69) is 66.7 Å². The van der Waals surface area contributed by atoms with Crippen molar-refractivity contribution in [3.8, 4) is 0 Å². The Morgan fingerprint density at radius 2 is 1.35 bits per heavy atom. The molecule has 3 saturated carbocycles. The maximum atomic E-state index is 11.0. The molecule has 5 aliphatic rings. The first kappa shape index (κ1) is 47.3. The maximum Gasteiger partial charge on any atom is 0.186 e. The monoisotopic (exact) mass is 799 g/mol. The van der Waals surface area contributed by atoms with E-state index in [0.717, 1.165) is 44.4 Å². The van der Waals surface area contributed by atoms with Gasteiger partial charge in [0, 0.05) is 6.61 Å². The van der Waals surface area contributed by atoms with E-state index in [1.54, 1.807) is 5.57 Å². The third-order valence-electron chi connectivity index (χ3n) is 16.6. The summed E-state index contributed by atoms with van der Waals surface area (Å²) in [4.78, 5) is 0. The largest absolute Gasteiger partial charge is 0.387 e. The van der Waals surface area contributed by atoms with Crippen LogP contribution >= 0.6 is 0 Å². The third kappa shape index (κ3) is 12.0. The van der Waals surface area contributed by atoms with Crippen LogP contribution in [0.25, 0.3) is 0 Å². The third-order valence-corrected chi connectivity index (χ3v) is 16.6. The quantitative estimate of drug-likeness (QED) is 0.0666. The second-order valence-corrected chi connectivity index (χ2v) is 20.8. The molecule has 14 unspecified atom stereocenters. The Morgan fingerprint density at radius 3 is 1.98 bits per heavy atom. The highest BCUT2D eigenvalue weighted by molar-refractivity contribution is 5.28. The van der Waals surface area contributed by atoms with Crippen LogP contribution in [0.2, 0.25) is 0 Å². The minimum Gasteiger partial charge on any atom is -0.387 e. The average molecular weight is 799 g/mol. The van der Waals surface area contributed by atoms with Crippen LogP contribution < -0.4 is 0 Å². The number of unbranched alkanes of at least 4 members (excludes halogenated alkanes) is 13. The number of aliphatic hydroxyl groups excluding tert-OH is 3. The number of hydrogen-bond acceptors (Lipinski definition) is 6. The summed E-state index contributed by atoms with van der Waals surface area (Å²) in [7, 11) is 0. The first-order valence-corrected chi connectivity index (χ1v) is 24.8. The summed E-state index contributed by atoms with van der Waals surface area (Å²) in [5.74, 6) is 4.67. The lowest BCUT2D eigenvalue weighted by Crippen LogP contribution is -2.60. The van der Waals surface area contributed by atoms with E-state index >= 15 is 0 Å². The SMILES string of the molecule is CCCCCCCCCCCCCCCCOCC1OC(OC2CCC3(C)C(CC=C4C3CCC3(C)C4CCC3C(C)C=CC(CC)C(C)C)C2)C(O)C(O)C1O. The van der Waals surface area contributed by atoms with Gasteiger partial charge in [-0.15, -0.1) is 0 Å². The fourth-order valence-electron chi connectivity index (χ4n) is 12.7. The molecule has 3 N–H and O–H groups in total. The molecule has 6 nitrogen and oxygen atoms in total. The molecule has 14 atom stereocenters. The van der Waals surface area contributed by atoms with Gasteiger partial charge < -0.3 is 29.5 Å². The van der Waals surface area contributed by atoms with Crippen LogP contribution in [0.3, 0.4) is 0 Å². The van der Waals surface area contributed by atoms with Gasteiger partial charge in [-0.2, -0.15) is 0 Å². The fraction of sp³-hybridized carbons (Fsp3) is 0.922. The van der Waals surface area contributed by atoms with E-state index in [1.807, 2.05) is 0 Å². The number of allylic oxidation sites excluding steroid dienone is 4. The molecule has 4 aliphatic carbocycles. The molecule has 1 aliphatic heterocycles. The van der Waals surface area contributed by atoms with Crippen molar-refractivity contribution in [1.82, 2.24) is 0 Å². The molecule has 330 valence electrons. The summed E-state index contributed by atoms with van der Waals surface area (Å²) in [6, 6.07) is 0. The van der Waals surface area contributed by atoms with Gasteiger partial charge in [-0.1, -0.05) is 156 Å². The maximum absolute atomic E-state index is 11.0. The standard InChI is InChI=1S/C51H90O6/c1-8-10-11-12-13-14-15-16-17-18-19-20-21-22-33-55-35-45-46(52)47(53)48(54)49(57-45)56-40-29-31-50(6)39(34-40)25-26-41-43-28-27-42(51(43,7)32-30-44(41)50)37(5)23-24-38(9-2)36(3)4/h23-24,26,36-40,42-49,52-54H,8-22,25,27-35H2,1-7H3. The minimum atomic E-state index is -1.32. The predicted molar refractivity (Wildman–Crippen MR) is 235 cm³/mol. The highest BCUT2D eigenvalue weighted by Crippen LogP contribution is 2.67. The molecule has 0 aromatic heterocycles. The van der Waals surface area contributed by atoms with E-state index in [0.29, 0.717) is 47.5 Å². The zero-order valence-corrected chi connectivity index (χ0v) is 38.0. The number of rotatable bonds is 24. The van der Waals surface area contributed by atoms with Gasteiger partial charge in [0.2, 0.25) is 0 Å². The Labute approximate surface area is 350 Å². The van der Waals surface area contributed by atoms with Crippen LogP contribution in [0, 0.1) is 52.3 Å². The van der Waals surface area contributed by atoms with Crippen LogP contribution in [0.1, 0.15) is 196 Å².